The Kier molecular flexibility index (Phi) is 26.2. The molecule has 0 saturated heterocycles. The van der Waals surface area contributed by atoms with Crippen LogP contribution in [0.4, 0.5) is 0 Å². The summed E-state index contributed by atoms with van der Waals surface area (Å²) in [5.74, 6) is -3.77. The maximum absolute atomic E-state index is 11.2. The number of ether oxygens (including phenoxy) is 1. The number of nitrogens with zero attached hydrogens (tertiary/aromatic N) is 2. The molecule has 2 aromatic rings. The van der Waals surface area contributed by atoms with Gasteiger partial charge < -0.3 is 40.1 Å². The number of carboxylic acid groups (broad SMARTS) is 4. The fraction of sp³-hybridized carbons (Fsp3) is 0.312. The van der Waals surface area contributed by atoms with Crippen molar-refractivity contribution in [1.82, 2.24) is 9.80 Å². The molecule has 0 aliphatic rings. The van der Waals surface area contributed by atoms with Crippen molar-refractivity contribution < 1.29 is 59.0 Å². The second kappa shape index (κ2) is 26.4. The number of hydrogen-bond acceptors (Lipinski definition) is 8. The first-order valence-corrected chi connectivity index (χ1v) is 16.0. The largest absolute Gasteiger partial charge is 0.508 e. The van der Waals surface area contributed by atoms with Crippen LogP contribution in [0.3, 0.4) is 0 Å². The lowest BCUT2D eigenvalue weighted by Gasteiger charge is -2.15. The van der Waals surface area contributed by atoms with Gasteiger partial charge in [-0.25, -0.2) is 19.2 Å². The van der Waals surface area contributed by atoms with Gasteiger partial charge in [-0.05, 0) is 67.2 Å². The van der Waals surface area contributed by atoms with Crippen LogP contribution in [0, 0.1) is 0 Å². The van der Waals surface area contributed by atoms with Crippen molar-refractivity contribution in [2.24, 2.45) is 0 Å². The van der Waals surface area contributed by atoms with Gasteiger partial charge in [0.1, 0.15) is 11.5 Å². The van der Waals surface area contributed by atoms with Crippen molar-refractivity contribution in [3.05, 3.63) is 84.0 Å². The maximum atomic E-state index is 11.2. The predicted octanol–water partition coefficient (Wildman–Crippen LogP) is 5.35. The van der Waals surface area contributed by atoms with Crippen molar-refractivity contribution in [3.63, 3.8) is 0 Å². The molecule has 0 atom stereocenters. The first-order chi connectivity index (χ1) is 22.1. The second-order valence-corrected chi connectivity index (χ2v) is 9.62. The third-order valence-corrected chi connectivity index (χ3v) is 6.11. The summed E-state index contributed by atoms with van der Waals surface area (Å²) in [6.07, 6.45) is 4.06. The molecule has 14 nitrogen and oxygen atoms in total. The summed E-state index contributed by atoms with van der Waals surface area (Å²) in [5.41, 5.74) is -1.39. The van der Waals surface area contributed by atoms with Gasteiger partial charge >= 0.3 is 23.9 Å². The molecule has 0 heterocycles. The molecule has 0 aromatic heterocycles. The summed E-state index contributed by atoms with van der Waals surface area (Å²) in [6, 6.07) is 6.82. The fourth-order valence-corrected chi connectivity index (χ4v) is 3.44. The van der Waals surface area contributed by atoms with E-state index in [1.165, 1.54) is 35.3 Å². The van der Waals surface area contributed by atoms with Crippen LogP contribution < -0.4 is 4.74 Å². The lowest BCUT2D eigenvalue weighted by molar-refractivity contribution is -0.125. The molecule has 266 valence electrons. The summed E-state index contributed by atoms with van der Waals surface area (Å²) < 4.78 is 5.38. The number of phenolic OH excluding ortho intramolecular Hbond substituents is 1. The molecule has 0 aliphatic heterocycles. The van der Waals surface area contributed by atoms with Crippen LogP contribution in [0.1, 0.15) is 61.7 Å². The van der Waals surface area contributed by atoms with Crippen LogP contribution in [-0.2, 0) is 9.59 Å². The summed E-state index contributed by atoms with van der Waals surface area (Å²) in [5, 5.41) is 44.9. The Hall–Kier alpha value is -4.70. The highest BCUT2D eigenvalue weighted by molar-refractivity contribution is 9.09. The van der Waals surface area contributed by atoms with E-state index in [0.717, 1.165) is 36.5 Å². The van der Waals surface area contributed by atoms with Gasteiger partial charge in [-0.1, -0.05) is 52.4 Å². The molecular weight excluding hydrogens is 764 g/mol. The summed E-state index contributed by atoms with van der Waals surface area (Å²) in [6.45, 7) is 8.28. The van der Waals surface area contributed by atoms with Gasteiger partial charge in [0.15, 0.2) is 0 Å². The summed E-state index contributed by atoms with van der Waals surface area (Å²) in [4.78, 5) is 68.1. The van der Waals surface area contributed by atoms with E-state index >= 15 is 0 Å². The Morgan fingerprint density at radius 3 is 1.50 bits per heavy atom. The lowest BCUT2D eigenvalue weighted by atomic mass is 10.1. The van der Waals surface area contributed by atoms with Gasteiger partial charge in [0.2, 0.25) is 11.8 Å². The molecule has 0 saturated carbocycles. The average Bonchev–Trinajstić information content (AvgIpc) is 3.05. The average molecular weight is 806 g/mol. The number of hydrogen-bond donors (Lipinski definition) is 5. The molecular formula is C32H42Br2N2O12. The molecule has 48 heavy (non-hydrogen) atoms. The normalized spacial score (nSPS) is 9.10. The number of alkyl halides is 2. The number of aromatic hydroxyl groups is 1. The van der Waals surface area contributed by atoms with E-state index in [1.54, 1.807) is 19.0 Å². The molecule has 0 bridgehead atoms. The summed E-state index contributed by atoms with van der Waals surface area (Å²) >= 11 is 6.22. The summed E-state index contributed by atoms with van der Waals surface area (Å²) in [7, 11) is 3.40. The zero-order valence-corrected chi connectivity index (χ0v) is 29.2. The lowest BCUT2D eigenvalue weighted by Crippen LogP contribution is -2.26. The van der Waals surface area contributed by atoms with Crippen LogP contribution in [0.5, 0.6) is 11.5 Å². The Morgan fingerprint density at radius 1 is 0.708 bits per heavy atom. The number of benzene rings is 2. The van der Waals surface area contributed by atoms with Crippen molar-refractivity contribution in [1.29, 1.82) is 0 Å². The van der Waals surface area contributed by atoms with Crippen LogP contribution >= 0.6 is 31.9 Å². The maximum Gasteiger partial charge on any atom is 0.336 e. The van der Waals surface area contributed by atoms with Gasteiger partial charge in [-0.15, -0.1) is 0 Å². The predicted molar refractivity (Wildman–Crippen MR) is 188 cm³/mol. The Morgan fingerprint density at radius 2 is 1.10 bits per heavy atom. The van der Waals surface area contributed by atoms with E-state index in [0.29, 0.717) is 13.0 Å². The molecule has 0 unspecified atom stereocenters. The highest BCUT2D eigenvalue weighted by Crippen LogP contribution is 2.19. The van der Waals surface area contributed by atoms with Gasteiger partial charge in [0.25, 0.3) is 0 Å². The number of halogens is 2. The Labute approximate surface area is 296 Å². The van der Waals surface area contributed by atoms with Crippen molar-refractivity contribution >= 4 is 67.6 Å². The number of rotatable bonds is 14. The first kappa shape index (κ1) is 47.7. The zero-order chi connectivity index (χ0) is 36.7. The van der Waals surface area contributed by atoms with Gasteiger partial charge in [0, 0.05) is 32.5 Å². The Bertz CT molecular complexity index is 1400. The number of amides is 2. The van der Waals surface area contributed by atoms with E-state index in [4.69, 9.17) is 30.3 Å². The molecule has 0 spiro atoms. The van der Waals surface area contributed by atoms with Gasteiger partial charge in [-0.2, -0.15) is 0 Å². The van der Waals surface area contributed by atoms with Gasteiger partial charge in [0.05, 0.1) is 28.9 Å². The number of carbonyl (C=O) groups excluding carboxylic acids is 2. The number of aromatic carboxylic acids is 4. The van der Waals surface area contributed by atoms with E-state index in [2.05, 4.69) is 45.0 Å². The van der Waals surface area contributed by atoms with Crippen LogP contribution in [0.2, 0.25) is 0 Å². The molecule has 2 aromatic carbocycles. The quantitative estimate of drug-likeness (QED) is 0.0928. The monoisotopic (exact) mass is 804 g/mol. The standard InChI is InChI=1S/C15H17NO6.C8H6O5.C7H12BrNO.CH3Br.CH4/c1-3-13(17)16(2)7-4-8-22-10-5-6-11(14(18)19)12(9-10)15(20)21;9-4-1-2-5(7(10)11)6(3-4)8(12)13;1-3-7(10)9(2)6-4-5-8;1-2;/h3,5-6,9H,1,4,7-8H2,2H3,(H,18,19)(H,20,21);1-3,9H,(H,10,11)(H,12,13);3H,1,4-6H2,2H3;1H3;1H4. The Balaban J connectivity index is -0.000000664. The second-order valence-electron chi connectivity index (χ2n) is 8.83. The van der Waals surface area contributed by atoms with Crippen LogP contribution in [0.15, 0.2) is 61.7 Å². The van der Waals surface area contributed by atoms with E-state index in [-0.39, 0.29) is 54.0 Å². The fourth-order valence-electron chi connectivity index (χ4n) is 3.19. The third-order valence-electron chi connectivity index (χ3n) is 5.55. The highest BCUT2D eigenvalue weighted by Gasteiger charge is 2.17. The SMILES string of the molecule is C.C=CC(=O)N(C)CCCBr.C=CC(=O)N(C)CCCOc1ccc(C(=O)O)c(C(=O)O)c1.CBr.O=C(O)c1ccc(O)cc1C(=O)O. The number of carboxylic acids is 4. The van der Waals surface area contributed by atoms with Crippen molar-refractivity contribution in [2.75, 3.05) is 45.0 Å². The topological polar surface area (TPSA) is 219 Å². The van der Waals surface area contributed by atoms with Crippen molar-refractivity contribution in [2.45, 2.75) is 20.3 Å². The van der Waals surface area contributed by atoms with Crippen LogP contribution in [-0.4, -0.2) is 116 Å². The number of phenols is 1. The molecule has 2 amide bonds. The molecule has 0 radical (unpaired) electrons. The van der Waals surface area contributed by atoms with Crippen LogP contribution in [0.25, 0.3) is 0 Å². The third kappa shape index (κ3) is 18.4. The number of likely N-dealkylation sites (N-methyl/N-ethyl adjacent to an activating group) is 2. The minimum Gasteiger partial charge on any atom is -0.508 e. The van der Waals surface area contributed by atoms with Gasteiger partial charge in [-0.3, -0.25) is 9.59 Å². The molecule has 0 aliphatic carbocycles. The van der Waals surface area contributed by atoms with E-state index in [1.807, 2.05) is 5.83 Å². The van der Waals surface area contributed by atoms with E-state index < -0.39 is 29.4 Å². The zero-order valence-electron chi connectivity index (χ0n) is 26.0. The smallest absolute Gasteiger partial charge is 0.336 e. The molecule has 5 N–H and O–H groups in total. The minimum atomic E-state index is -1.38. The highest BCUT2D eigenvalue weighted by atomic mass is 79.9. The molecule has 2 rings (SSSR count). The minimum absolute atomic E-state index is 0. The molecule has 16 heteroatoms. The van der Waals surface area contributed by atoms with Crippen molar-refractivity contribution in [3.8, 4) is 11.5 Å². The first-order valence-electron chi connectivity index (χ1n) is 13.3. The number of carbonyl (C=O) groups is 6. The molecule has 0 fully saturated rings. The van der Waals surface area contributed by atoms with E-state index in [9.17, 15) is 28.8 Å².